The van der Waals surface area contributed by atoms with Crippen LogP contribution in [-0.2, 0) is 6.42 Å². The molecule has 1 aromatic carbocycles. The predicted octanol–water partition coefficient (Wildman–Crippen LogP) is 4.49. The number of benzene rings is 1. The number of rotatable bonds is 3. The van der Waals surface area contributed by atoms with E-state index >= 15 is 0 Å². The van der Waals surface area contributed by atoms with Gasteiger partial charge in [-0.25, -0.2) is 4.99 Å². The summed E-state index contributed by atoms with van der Waals surface area (Å²) >= 11 is 0. The van der Waals surface area contributed by atoms with Crippen molar-refractivity contribution in [2.24, 2.45) is 10.9 Å². The first-order chi connectivity index (χ1) is 9.04. The molecular weight excluding hydrogens is 232 g/mol. The fourth-order valence-corrected chi connectivity index (χ4v) is 2.05. The molecular formula is C17H20N2. The zero-order chi connectivity index (χ0) is 13.8. The van der Waals surface area contributed by atoms with Gasteiger partial charge >= 0.3 is 0 Å². The second-order valence-corrected chi connectivity index (χ2v) is 5.40. The smallest absolute Gasteiger partial charge is 0.0888 e. The first kappa shape index (κ1) is 13.5. The van der Waals surface area contributed by atoms with Crippen molar-refractivity contribution in [2.45, 2.75) is 27.2 Å². The van der Waals surface area contributed by atoms with Crippen LogP contribution in [0.25, 0.3) is 0 Å². The summed E-state index contributed by atoms with van der Waals surface area (Å²) in [5.74, 6) is 0.666. The van der Waals surface area contributed by atoms with E-state index in [-0.39, 0.29) is 0 Å². The fraction of sp³-hybridized carbons (Fsp3) is 0.294. The van der Waals surface area contributed by atoms with Crippen molar-refractivity contribution in [2.75, 3.05) is 0 Å². The van der Waals surface area contributed by atoms with Crippen LogP contribution in [0.4, 0.5) is 5.69 Å². The predicted molar refractivity (Wildman–Crippen MR) is 82.7 cm³/mol. The van der Waals surface area contributed by atoms with Crippen LogP contribution in [0.15, 0.2) is 53.1 Å². The largest absolute Gasteiger partial charge is 0.299 e. The summed E-state index contributed by atoms with van der Waals surface area (Å²) in [5, 5.41) is 7.86. The quantitative estimate of drug-likeness (QED) is 0.769. The molecule has 0 amide bonds. The van der Waals surface area contributed by atoms with Gasteiger partial charge in [0.25, 0.3) is 0 Å². The first-order valence-electron chi connectivity index (χ1n) is 6.67. The molecule has 0 bridgehead atoms. The lowest BCUT2D eigenvalue weighted by atomic mass is 10.0. The maximum absolute atomic E-state index is 7.86. The van der Waals surface area contributed by atoms with Gasteiger partial charge in [-0.1, -0.05) is 32.1 Å². The van der Waals surface area contributed by atoms with E-state index in [1.807, 2.05) is 31.2 Å². The number of hydrogen-bond acceptors (Lipinski definition) is 2. The van der Waals surface area contributed by atoms with Crippen LogP contribution >= 0.6 is 0 Å². The number of nitrogens with zero attached hydrogens (tertiary/aromatic N) is 1. The van der Waals surface area contributed by atoms with E-state index in [1.165, 1.54) is 5.56 Å². The van der Waals surface area contributed by atoms with Gasteiger partial charge in [0, 0.05) is 0 Å². The molecule has 1 aromatic rings. The molecule has 0 saturated carbocycles. The Morgan fingerprint density at radius 2 is 1.79 bits per heavy atom. The second-order valence-electron chi connectivity index (χ2n) is 5.40. The molecule has 0 heterocycles. The highest BCUT2D eigenvalue weighted by Gasteiger charge is 2.06. The van der Waals surface area contributed by atoms with Gasteiger partial charge in [-0.15, -0.1) is 0 Å². The molecule has 1 N–H and O–H groups in total. The third kappa shape index (κ3) is 3.75. The van der Waals surface area contributed by atoms with E-state index < -0.39 is 0 Å². The van der Waals surface area contributed by atoms with Crippen LogP contribution in [0.5, 0.6) is 0 Å². The van der Waals surface area contributed by atoms with Crippen LogP contribution < -0.4 is 0 Å². The van der Waals surface area contributed by atoms with Gasteiger partial charge in [0.1, 0.15) is 0 Å². The molecule has 0 unspecified atom stereocenters. The van der Waals surface area contributed by atoms with Gasteiger partial charge in [-0.3, -0.25) is 5.41 Å². The van der Waals surface area contributed by atoms with Crippen molar-refractivity contribution in [3.05, 3.63) is 53.6 Å². The Morgan fingerprint density at radius 3 is 2.42 bits per heavy atom. The first-order valence-corrected chi connectivity index (χ1v) is 6.67. The van der Waals surface area contributed by atoms with E-state index in [1.54, 1.807) is 6.08 Å². The zero-order valence-electron chi connectivity index (χ0n) is 11.8. The molecule has 1 aliphatic rings. The molecule has 1 aliphatic carbocycles. The maximum atomic E-state index is 7.86. The maximum Gasteiger partial charge on any atom is 0.0888 e. The Hall–Kier alpha value is -1.96. The molecule has 2 rings (SSSR count). The van der Waals surface area contributed by atoms with Crippen LogP contribution in [0.1, 0.15) is 26.3 Å². The molecule has 0 aromatic heterocycles. The van der Waals surface area contributed by atoms with Crippen LogP contribution in [-0.4, -0.2) is 11.4 Å². The average molecular weight is 252 g/mol. The Balaban J connectivity index is 2.19. The molecule has 0 saturated heterocycles. The summed E-state index contributed by atoms with van der Waals surface area (Å²) in [7, 11) is 0. The minimum absolute atomic E-state index is 0.469. The van der Waals surface area contributed by atoms with Crippen molar-refractivity contribution >= 4 is 17.1 Å². The summed E-state index contributed by atoms with van der Waals surface area (Å²) < 4.78 is 0. The molecule has 0 spiro atoms. The Morgan fingerprint density at radius 1 is 1.11 bits per heavy atom. The highest BCUT2D eigenvalue weighted by atomic mass is 14.8. The number of allylic oxidation sites excluding steroid dienone is 4. The van der Waals surface area contributed by atoms with Crippen molar-refractivity contribution in [3.8, 4) is 0 Å². The molecule has 0 atom stereocenters. The average Bonchev–Trinajstić information content (AvgIpc) is 2.35. The molecule has 0 fully saturated rings. The second kappa shape index (κ2) is 5.79. The van der Waals surface area contributed by atoms with Gasteiger partial charge < -0.3 is 0 Å². The van der Waals surface area contributed by atoms with Gasteiger partial charge in [0.05, 0.1) is 17.1 Å². The minimum atomic E-state index is 0.469. The Labute approximate surface area is 115 Å². The molecule has 2 heteroatoms. The van der Waals surface area contributed by atoms with Crippen molar-refractivity contribution in [1.82, 2.24) is 0 Å². The van der Waals surface area contributed by atoms with Gasteiger partial charge in [0.15, 0.2) is 0 Å². The van der Waals surface area contributed by atoms with E-state index in [2.05, 4.69) is 31.0 Å². The lowest BCUT2D eigenvalue weighted by Gasteiger charge is -2.08. The fourth-order valence-electron chi connectivity index (χ4n) is 2.05. The van der Waals surface area contributed by atoms with Crippen LogP contribution in [0, 0.1) is 11.3 Å². The third-order valence-corrected chi connectivity index (χ3v) is 2.98. The van der Waals surface area contributed by atoms with Crippen LogP contribution in [0.3, 0.4) is 0 Å². The standard InChI is InChI=1S/C17H20N2/c1-12(2)10-14-5-7-15(8-6-14)19-17-11-13(3)4-9-16(17)18/h4-9,11-12,18H,10H2,1-3H3. The van der Waals surface area contributed by atoms with E-state index in [4.69, 9.17) is 5.41 Å². The number of aliphatic imine (C=N–C) groups is 1. The lowest BCUT2D eigenvalue weighted by molar-refractivity contribution is 0.647. The third-order valence-electron chi connectivity index (χ3n) is 2.98. The van der Waals surface area contributed by atoms with Gasteiger partial charge in [-0.05, 0) is 54.7 Å². The molecule has 0 radical (unpaired) electrons. The molecule has 19 heavy (non-hydrogen) atoms. The molecule has 0 aliphatic heterocycles. The van der Waals surface area contributed by atoms with Crippen molar-refractivity contribution in [1.29, 1.82) is 5.41 Å². The van der Waals surface area contributed by atoms with Crippen LogP contribution in [0.2, 0.25) is 0 Å². The monoisotopic (exact) mass is 252 g/mol. The van der Waals surface area contributed by atoms with Crippen molar-refractivity contribution in [3.63, 3.8) is 0 Å². The normalized spacial score (nSPS) is 17.2. The summed E-state index contributed by atoms with van der Waals surface area (Å²) in [5.41, 5.74) is 4.58. The van der Waals surface area contributed by atoms with Gasteiger partial charge in [-0.2, -0.15) is 0 Å². The highest BCUT2D eigenvalue weighted by Crippen LogP contribution is 2.17. The molecule has 98 valence electrons. The molecule has 2 nitrogen and oxygen atoms in total. The van der Waals surface area contributed by atoms with Gasteiger partial charge in [0.2, 0.25) is 0 Å². The Kier molecular flexibility index (Phi) is 4.10. The topological polar surface area (TPSA) is 36.2 Å². The Bertz CT molecular complexity index is 557. The zero-order valence-corrected chi connectivity index (χ0v) is 11.8. The van der Waals surface area contributed by atoms with E-state index in [9.17, 15) is 0 Å². The van der Waals surface area contributed by atoms with E-state index in [0.717, 1.165) is 23.4 Å². The number of hydrogen-bond donors (Lipinski definition) is 1. The number of nitrogens with one attached hydrogen (secondary N) is 1. The summed E-state index contributed by atoms with van der Waals surface area (Å²) in [6, 6.07) is 8.30. The van der Waals surface area contributed by atoms with Crippen molar-refractivity contribution < 1.29 is 0 Å². The summed E-state index contributed by atoms with van der Waals surface area (Å²) in [6.07, 6.45) is 6.77. The SMILES string of the molecule is CC1=CC(=Nc2ccc(CC(C)C)cc2)C(=N)C=C1. The lowest BCUT2D eigenvalue weighted by Crippen LogP contribution is -2.10. The summed E-state index contributed by atoms with van der Waals surface area (Å²) in [6.45, 7) is 6.46. The highest BCUT2D eigenvalue weighted by molar-refractivity contribution is 6.50. The minimum Gasteiger partial charge on any atom is -0.299 e. The van der Waals surface area contributed by atoms with E-state index in [0.29, 0.717) is 11.6 Å². The summed E-state index contributed by atoms with van der Waals surface area (Å²) in [4.78, 5) is 4.53.